The molecule has 3 amide bonds. The average Bonchev–Trinajstić information content (AvgIpc) is 3.33. The van der Waals surface area contributed by atoms with E-state index in [9.17, 15) is 27.6 Å². The molecule has 3 aliphatic rings. The first-order valence-electron chi connectivity index (χ1n) is 14.1. The Kier molecular flexibility index (Phi) is 8.96. The monoisotopic (exact) mass is 654 g/mol. The van der Waals surface area contributed by atoms with E-state index in [0.29, 0.717) is 26.2 Å². The van der Waals surface area contributed by atoms with Crippen LogP contribution in [0.3, 0.4) is 0 Å². The molecule has 16 heteroatoms. The summed E-state index contributed by atoms with van der Waals surface area (Å²) in [4.78, 5) is 46.4. The number of nitrogens with zero attached hydrogens (tertiary/aromatic N) is 6. The van der Waals surface area contributed by atoms with Crippen LogP contribution in [-0.4, -0.2) is 85.6 Å². The number of aromatic nitrogens is 4. The molecule has 1 aliphatic carbocycles. The number of benzene rings is 1. The van der Waals surface area contributed by atoms with E-state index in [-0.39, 0.29) is 69.7 Å². The lowest BCUT2D eigenvalue weighted by atomic mass is 10.1. The Morgan fingerprint density at radius 1 is 1.07 bits per heavy atom. The Morgan fingerprint density at radius 2 is 1.77 bits per heavy atom. The van der Waals surface area contributed by atoms with Gasteiger partial charge in [0.25, 0.3) is 11.8 Å². The van der Waals surface area contributed by atoms with Crippen LogP contribution in [0, 0.1) is 0 Å². The fourth-order valence-electron chi connectivity index (χ4n) is 5.55. The molecular weight excluding hydrogens is 624 g/mol. The molecule has 1 aromatic carbocycles. The van der Waals surface area contributed by atoms with Gasteiger partial charge >= 0.3 is 6.18 Å². The smallest absolute Gasteiger partial charge is 0.338 e. The quantitative estimate of drug-likeness (QED) is 0.415. The van der Waals surface area contributed by atoms with Crippen LogP contribution in [0.2, 0.25) is 5.02 Å². The zero-order valence-electron chi connectivity index (χ0n) is 23.7. The molecule has 3 fully saturated rings. The van der Waals surface area contributed by atoms with Gasteiger partial charge in [0.15, 0.2) is 11.5 Å². The van der Waals surface area contributed by atoms with Crippen molar-refractivity contribution in [2.75, 3.05) is 38.0 Å². The lowest BCUT2D eigenvalue weighted by Crippen LogP contribution is -2.54. The molecule has 3 aromatic rings. The molecule has 2 N–H and O–H groups in total. The molecule has 1 atom stereocenters. The maximum absolute atomic E-state index is 13.7. The second kappa shape index (κ2) is 12.4. The van der Waals surface area contributed by atoms with E-state index < -0.39 is 17.8 Å². The van der Waals surface area contributed by atoms with E-state index in [2.05, 4.69) is 20.7 Å². The standard InChI is InChI=1S/C28H30ClF3N8O3.ClH/c1-37-22(19-15-40(17-5-6-17)36-23(19)28(30,31)32)14-34-24(37)25(41)35-16-4-7-18(20(29)13-16)26(42)38-9-11-39(12-10-38)27(43)21-3-2-8-33-21;/h4,7,13-15,17,21,33H,2-3,5-6,8-12H2,1H3,(H,35,41);1H/t21-;/m1./s1. The SMILES string of the molecule is Cl.Cn1c(-c2cn(C3CC3)nc2C(F)(F)F)cnc1C(=O)Nc1ccc(C(=O)N2CCN(C(=O)[C@H]3CCCN3)CC2)c(Cl)c1. The summed E-state index contributed by atoms with van der Waals surface area (Å²) in [6.07, 6.45) is 1.21. The zero-order valence-corrected chi connectivity index (χ0v) is 25.3. The Labute approximate surface area is 262 Å². The summed E-state index contributed by atoms with van der Waals surface area (Å²) in [6.45, 7) is 2.46. The number of nitrogens with one attached hydrogen (secondary N) is 2. The maximum atomic E-state index is 13.7. The fraction of sp³-hybridized carbons (Fsp3) is 0.464. The number of carbonyl (C=O) groups excluding carboxylic acids is 3. The van der Waals surface area contributed by atoms with Crippen molar-refractivity contribution in [1.82, 2.24) is 34.4 Å². The van der Waals surface area contributed by atoms with Crippen LogP contribution >= 0.6 is 24.0 Å². The minimum Gasteiger partial charge on any atom is -0.338 e. The maximum Gasteiger partial charge on any atom is 0.435 e. The highest BCUT2D eigenvalue weighted by atomic mass is 35.5. The second-order valence-electron chi connectivity index (χ2n) is 11.0. The highest BCUT2D eigenvalue weighted by Gasteiger charge is 2.40. The van der Waals surface area contributed by atoms with Crippen molar-refractivity contribution in [2.45, 2.75) is 43.9 Å². The minimum absolute atomic E-state index is 0. The minimum atomic E-state index is -4.67. The number of piperazine rings is 1. The van der Waals surface area contributed by atoms with E-state index in [0.717, 1.165) is 32.2 Å². The molecule has 0 spiro atoms. The number of halogens is 5. The molecule has 44 heavy (non-hydrogen) atoms. The Balaban J connectivity index is 0.00000384. The molecule has 6 rings (SSSR count). The topological polar surface area (TPSA) is 117 Å². The van der Waals surface area contributed by atoms with Crippen molar-refractivity contribution < 1.29 is 27.6 Å². The van der Waals surface area contributed by atoms with Gasteiger partial charge in [-0.2, -0.15) is 18.3 Å². The number of amides is 3. The van der Waals surface area contributed by atoms with Crippen LogP contribution in [-0.2, 0) is 18.0 Å². The third-order valence-electron chi connectivity index (χ3n) is 8.08. The van der Waals surface area contributed by atoms with Gasteiger partial charge in [0.05, 0.1) is 40.1 Å². The summed E-state index contributed by atoms with van der Waals surface area (Å²) in [5, 5.41) is 9.74. The lowest BCUT2D eigenvalue weighted by Gasteiger charge is -2.36. The molecule has 2 saturated heterocycles. The van der Waals surface area contributed by atoms with E-state index in [4.69, 9.17) is 11.6 Å². The first-order valence-corrected chi connectivity index (χ1v) is 14.5. The number of imidazole rings is 1. The summed E-state index contributed by atoms with van der Waals surface area (Å²) in [5.41, 5.74) is -0.540. The number of hydrogen-bond donors (Lipinski definition) is 2. The van der Waals surface area contributed by atoms with Gasteiger partial charge in [-0.1, -0.05) is 11.6 Å². The fourth-order valence-corrected chi connectivity index (χ4v) is 5.82. The number of rotatable bonds is 6. The molecule has 2 aliphatic heterocycles. The number of anilines is 1. The van der Waals surface area contributed by atoms with Gasteiger partial charge in [-0.15, -0.1) is 12.4 Å². The first kappa shape index (κ1) is 31.8. The predicted octanol–water partition coefficient (Wildman–Crippen LogP) is 4.00. The predicted molar refractivity (Wildman–Crippen MR) is 158 cm³/mol. The van der Waals surface area contributed by atoms with Gasteiger partial charge in [0.2, 0.25) is 5.91 Å². The second-order valence-corrected chi connectivity index (χ2v) is 11.4. The largest absolute Gasteiger partial charge is 0.435 e. The summed E-state index contributed by atoms with van der Waals surface area (Å²) in [7, 11) is 1.46. The first-order chi connectivity index (χ1) is 20.5. The van der Waals surface area contributed by atoms with Crippen molar-refractivity contribution in [2.24, 2.45) is 7.05 Å². The van der Waals surface area contributed by atoms with E-state index in [1.165, 1.54) is 46.9 Å². The van der Waals surface area contributed by atoms with Crippen LogP contribution < -0.4 is 10.6 Å². The normalized spacial score (nSPS) is 18.7. The van der Waals surface area contributed by atoms with Crippen molar-refractivity contribution >= 4 is 47.4 Å². The van der Waals surface area contributed by atoms with Crippen molar-refractivity contribution in [3.8, 4) is 11.3 Å². The zero-order chi connectivity index (χ0) is 30.5. The molecule has 0 bridgehead atoms. The van der Waals surface area contributed by atoms with Gasteiger partial charge in [-0.3, -0.25) is 19.1 Å². The van der Waals surface area contributed by atoms with E-state index >= 15 is 0 Å². The van der Waals surface area contributed by atoms with E-state index in [1.54, 1.807) is 9.80 Å². The number of carbonyl (C=O) groups is 3. The summed E-state index contributed by atoms with van der Waals surface area (Å²) >= 11 is 6.44. The summed E-state index contributed by atoms with van der Waals surface area (Å²) in [5.74, 6) is -0.991. The van der Waals surface area contributed by atoms with Crippen molar-refractivity contribution in [1.29, 1.82) is 0 Å². The molecule has 1 saturated carbocycles. The third kappa shape index (κ3) is 6.28. The van der Waals surface area contributed by atoms with Gasteiger partial charge in [-0.25, -0.2) is 4.98 Å². The Bertz CT molecular complexity index is 1570. The average molecular weight is 656 g/mol. The molecular formula is C28H31Cl2F3N8O3. The van der Waals surface area contributed by atoms with Gasteiger partial charge in [0, 0.05) is 45.1 Å². The van der Waals surface area contributed by atoms with Crippen LogP contribution in [0.15, 0.2) is 30.6 Å². The highest BCUT2D eigenvalue weighted by Crippen LogP contribution is 2.41. The number of alkyl halides is 3. The molecule has 11 nitrogen and oxygen atoms in total. The number of hydrogen-bond acceptors (Lipinski definition) is 6. The Hall–Kier alpha value is -3.62. The lowest BCUT2D eigenvalue weighted by molar-refractivity contribution is -0.141. The Morgan fingerprint density at radius 3 is 2.39 bits per heavy atom. The third-order valence-corrected chi connectivity index (χ3v) is 8.40. The van der Waals surface area contributed by atoms with Gasteiger partial charge in [-0.05, 0) is 50.4 Å². The highest BCUT2D eigenvalue weighted by molar-refractivity contribution is 6.34. The van der Waals surface area contributed by atoms with E-state index in [1.807, 2.05) is 0 Å². The molecule has 0 unspecified atom stereocenters. The van der Waals surface area contributed by atoms with Crippen molar-refractivity contribution in [3.05, 3.63) is 52.7 Å². The van der Waals surface area contributed by atoms with Crippen molar-refractivity contribution in [3.63, 3.8) is 0 Å². The molecule has 2 aromatic heterocycles. The molecule has 4 heterocycles. The summed E-state index contributed by atoms with van der Waals surface area (Å²) in [6, 6.07) is 4.25. The molecule has 236 valence electrons. The van der Waals surface area contributed by atoms with Gasteiger partial charge < -0.3 is 25.0 Å². The van der Waals surface area contributed by atoms with Gasteiger partial charge in [0.1, 0.15) is 0 Å². The summed E-state index contributed by atoms with van der Waals surface area (Å²) < 4.78 is 43.8. The van der Waals surface area contributed by atoms with Crippen LogP contribution in [0.25, 0.3) is 11.3 Å². The van der Waals surface area contributed by atoms with Crippen LogP contribution in [0.5, 0.6) is 0 Å². The van der Waals surface area contributed by atoms with Crippen LogP contribution in [0.1, 0.15) is 58.4 Å². The van der Waals surface area contributed by atoms with Crippen LogP contribution in [0.4, 0.5) is 18.9 Å². The molecule has 0 radical (unpaired) electrons.